The van der Waals surface area contributed by atoms with Gasteiger partial charge in [0.05, 0.1) is 0 Å². The molecule has 25 heavy (non-hydrogen) atoms. The summed E-state index contributed by atoms with van der Waals surface area (Å²) in [5.41, 5.74) is 5.24. The quantitative estimate of drug-likeness (QED) is 0.609. The van der Waals surface area contributed by atoms with Gasteiger partial charge in [-0.1, -0.05) is 23.9 Å². The van der Waals surface area contributed by atoms with Gasteiger partial charge in [0.15, 0.2) is 5.16 Å². The second-order valence-corrected chi connectivity index (χ2v) is 6.97. The maximum Gasteiger partial charge on any atom is 0.220 e. The van der Waals surface area contributed by atoms with E-state index in [0.29, 0.717) is 19.4 Å². The van der Waals surface area contributed by atoms with E-state index in [2.05, 4.69) is 32.3 Å². The molecule has 6 heteroatoms. The first-order valence-corrected chi connectivity index (χ1v) is 9.54. The number of aromatic nitrogens is 2. The maximum atomic E-state index is 12.1. The molecule has 1 aromatic heterocycles. The second-order valence-electron chi connectivity index (χ2n) is 6.20. The predicted molar refractivity (Wildman–Crippen MR) is 104 cm³/mol. The minimum absolute atomic E-state index is 0.0458. The van der Waals surface area contributed by atoms with Crippen molar-refractivity contribution in [2.24, 2.45) is 0 Å². The van der Waals surface area contributed by atoms with Crippen molar-refractivity contribution >= 4 is 23.4 Å². The van der Waals surface area contributed by atoms with Crippen LogP contribution in [0.1, 0.15) is 28.9 Å². The van der Waals surface area contributed by atoms with Gasteiger partial charge in [0.1, 0.15) is 0 Å². The van der Waals surface area contributed by atoms with Gasteiger partial charge in [0.25, 0.3) is 0 Å². The van der Waals surface area contributed by atoms with E-state index in [0.717, 1.165) is 33.4 Å². The molecular weight excluding hydrogens is 332 g/mol. The first-order chi connectivity index (χ1) is 11.9. The molecule has 0 saturated heterocycles. The van der Waals surface area contributed by atoms with Crippen molar-refractivity contribution in [3.63, 3.8) is 0 Å². The van der Waals surface area contributed by atoms with Crippen molar-refractivity contribution in [1.29, 1.82) is 0 Å². The lowest BCUT2D eigenvalue weighted by Crippen LogP contribution is -2.23. The minimum atomic E-state index is 0.0458. The molecule has 0 spiro atoms. The number of nitrogens with zero attached hydrogens (tertiary/aromatic N) is 3. The molecule has 2 aromatic rings. The molecule has 0 bridgehead atoms. The van der Waals surface area contributed by atoms with Crippen LogP contribution >= 0.6 is 11.8 Å². The molecular formula is C19H26N4OS. The van der Waals surface area contributed by atoms with E-state index in [4.69, 9.17) is 0 Å². The largest absolute Gasteiger partial charge is 0.378 e. The number of amides is 1. The lowest BCUT2D eigenvalue weighted by molar-refractivity contribution is -0.121. The number of benzene rings is 1. The van der Waals surface area contributed by atoms with Gasteiger partial charge in [0.2, 0.25) is 5.91 Å². The monoisotopic (exact) mass is 358 g/mol. The molecule has 0 fully saturated rings. The predicted octanol–water partition coefficient (Wildman–Crippen LogP) is 3.13. The fourth-order valence-corrected chi connectivity index (χ4v) is 3.06. The van der Waals surface area contributed by atoms with Crippen molar-refractivity contribution in [2.75, 3.05) is 25.3 Å². The Morgan fingerprint density at radius 3 is 2.24 bits per heavy atom. The van der Waals surface area contributed by atoms with Crippen LogP contribution in [0.3, 0.4) is 0 Å². The van der Waals surface area contributed by atoms with Crippen LogP contribution in [0.25, 0.3) is 0 Å². The van der Waals surface area contributed by atoms with Crippen molar-refractivity contribution in [2.45, 2.75) is 38.4 Å². The molecule has 1 amide bonds. The van der Waals surface area contributed by atoms with Crippen LogP contribution in [-0.2, 0) is 17.8 Å². The molecule has 0 aliphatic heterocycles. The summed E-state index contributed by atoms with van der Waals surface area (Å²) in [5.74, 6) is 0.0458. The van der Waals surface area contributed by atoms with Crippen LogP contribution in [-0.4, -0.2) is 36.2 Å². The van der Waals surface area contributed by atoms with Crippen molar-refractivity contribution < 1.29 is 4.79 Å². The van der Waals surface area contributed by atoms with Gasteiger partial charge in [-0.2, -0.15) is 0 Å². The van der Waals surface area contributed by atoms with Crippen LogP contribution in [0.5, 0.6) is 0 Å². The normalized spacial score (nSPS) is 10.6. The lowest BCUT2D eigenvalue weighted by atomic mass is 10.1. The van der Waals surface area contributed by atoms with Gasteiger partial charge in [0, 0.05) is 44.1 Å². The molecule has 0 unspecified atom stereocenters. The summed E-state index contributed by atoms with van der Waals surface area (Å²) in [5, 5.41) is 3.76. The molecule has 1 N–H and O–H groups in total. The summed E-state index contributed by atoms with van der Waals surface area (Å²) in [4.78, 5) is 23.1. The van der Waals surface area contributed by atoms with E-state index in [-0.39, 0.29) is 5.91 Å². The SMILES string of the molecule is CSc1nc(C)c(CCC(=O)NCc2ccc(N(C)C)cc2)c(C)n1. The Kier molecular flexibility index (Phi) is 6.82. The number of anilines is 1. The number of nitrogens with one attached hydrogen (secondary N) is 1. The third-order valence-electron chi connectivity index (χ3n) is 4.13. The summed E-state index contributed by atoms with van der Waals surface area (Å²) >= 11 is 1.53. The third kappa shape index (κ3) is 5.46. The number of hydrogen-bond acceptors (Lipinski definition) is 5. The fourth-order valence-electron chi connectivity index (χ4n) is 2.60. The Morgan fingerprint density at radius 1 is 1.12 bits per heavy atom. The average Bonchev–Trinajstić information content (AvgIpc) is 2.59. The van der Waals surface area contributed by atoms with Crippen molar-refractivity contribution in [3.05, 3.63) is 46.8 Å². The number of carbonyl (C=O) groups is 1. The first-order valence-electron chi connectivity index (χ1n) is 8.31. The highest BCUT2D eigenvalue weighted by molar-refractivity contribution is 7.98. The highest BCUT2D eigenvalue weighted by Crippen LogP contribution is 2.17. The Balaban J connectivity index is 1.87. The summed E-state index contributed by atoms with van der Waals surface area (Å²) in [6.07, 6.45) is 3.07. The van der Waals surface area contributed by atoms with Gasteiger partial charge in [-0.3, -0.25) is 4.79 Å². The van der Waals surface area contributed by atoms with E-state index >= 15 is 0 Å². The van der Waals surface area contributed by atoms with Gasteiger partial charge in [-0.05, 0) is 49.8 Å². The standard InChI is InChI=1S/C19H26N4OS/c1-13-17(14(2)22-19(21-13)25-5)10-11-18(24)20-12-15-6-8-16(9-7-15)23(3)4/h6-9H,10-12H2,1-5H3,(H,20,24). The van der Waals surface area contributed by atoms with Crippen LogP contribution in [0.2, 0.25) is 0 Å². The second kappa shape index (κ2) is 8.85. The third-order valence-corrected chi connectivity index (χ3v) is 4.67. The van der Waals surface area contributed by atoms with Gasteiger partial charge in [-0.15, -0.1) is 0 Å². The topological polar surface area (TPSA) is 58.1 Å². The van der Waals surface area contributed by atoms with Gasteiger partial charge in [-0.25, -0.2) is 9.97 Å². The number of carbonyl (C=O) groups excluding carboxylic acids is 1. The van der Waals surface area contributed by atoms with Crippen LogP contribution < -0.4 is 10.2 Å². The highest BCUT2D eigenvalue weighted by Gasteiger charge is 2.10. The first kappa shape index (κ1) is 19.2. The molecule has 0 atom stereocenters. The zero-order valence-corrected chi connectivity index (χ0v) is 16.4. The molecule has 0 radical (unpaired) electrons. The van der Waals surface area contributed by atoms with Gasteiger partial charge >= 0.3 is 0 Å². The fraction of sp³-hybridized carbons (Fsp3) is 0.421. The van der Waals surface area contributed by atoms with Crippen molar-refractivity contribution in [3.8, 4) is 0 Å². The Morgan fingerprint density at radius 2 is 1.72 bits per heavy atom. The van der Waals surface area contributed by atoms with E-state index in [1.807, 2.05) is 46.3 Å². The average molecular weight is 359 g/mol. The minimum Gasteiger partial charge on any atom is -0.378 e. The number of aryl methyl sites for hydroxylation is 2. The Hall–Kier alpha value is -2.08. The molecule has 1 aromatic carbocycles. The number of hydrogen-bond donors (Lipinski definition) is 1. The number of thioether (sulfide) groups is 1. The van der Waals surface area contributed by atoms with Crippen LogP contribution in [0.15, 0.2) is 29.4 Å². The van der Waals surface area contributed by atoms with E-state index in [1.54, 1.807) is 0 Å². The molecule has 0 saturated carbocycles. The zero-order valence-electron chi connectivity index (χ0n) is 15.6. The summed E-state index contributed by atoms with van der Waals surface area (Å²) in [6, 6.07) is 8.19. The smallest absolute Gasteiger partial charge is 0.220 e. The maximum absolute atomic E-state index is 12.1. The molecule has 1 heterocycles. The molecule has 5 nitrogen and oxygen atoms in total. The lowest BCUT2D eigenvalue weighted by Gasteiger charge is -2.13. The van der Waals surface area contributed by atoms with E-state index < -0.39 is 0 Å². The highest BCUT2D eigenvalue weighted by atomic mass is 32.2. The number of rotatable bonds is 7. The molecule has 2 rings (SSSR count). The van der Waals surface area contributed by atoms with Crippen molar-refractivity contribution in [1.82, 2.24) is 15.3 Å². The molecule has 0 aliphatic carbocycles. The summed E-state index contributed by atoms with van der Waals surface area (Å²) < 4.78 is 0. The van der Waals surface area contributed by atoms with E-state index in [9.17, 15) is 4.79 Å². The summed E-state index contributed by atoms with van der Waals surface area (Å²) in [7, 11) is 4.02. The molecule has 0 aliphatic rings. The summed E-state index contributed by atoms with van der Waals surface area (Å²) in [6.45, 7) is 4.51. The van der Waals surface area contributed by atoms with Crippen LogP contribution in [0, 0.1) is 13.8 Å². The van der Waals surface area contributed by atoms with Gasteiger partial charge < -0.3 is 10.2 Å². The Bertz CT molecular complexity index is 706. The zero-order chi connectivity index (χ0) is 18.4. The van der Waals surface area contributed by atoms with E-state index in [1.165, 1.54) is 11.8 Å². The van der Waals surface area contributed by atoms with Crippen LogP contribution in [0.4, 0.5) is 5.69 Å². The Labute approximate surface area is 154 Å². The molecule has 134 valence electrons.